The van der Waals surface area contributed by atoms with Crippen molar-refractivity contribution in [2.24, 2.45) is 23.1 Å². The molecule has 3 fully saturated rings. The molecule has 0 radical (unpaired) electrons. The second-order valence-electron chi connectivity index (χ2n) is 22.7. The van der Waals surface area contributed by atoms with Crippen molar-refractivity contribution in [1.29, 1.82) is 0 Å². The number of thiazole rings is 2. The first-order chi connectivity index (χ1) is 46.1. The average Bonchev–Trinajstić information content (AvgIpc) is 1.70. The van der Waals surface area contributed by atoms with Gasteiger partial charge in [-0.1, -0.05) is 73.7 Å². The lowest BCUT2D eigenvalue weighted by Crippen LogP contribution is -2.38. The Labute approximate surface area is 559 Å². The SMILES string of the molecule is C=CC(=O)N1CCC[C@@H](c2nc(-c3ccc(Oc4ccccc4)cc3)c(C(N)=O)s2)C1.C=CC(=O)N1CCC[C@H]1Cc1nc(-c2ccc(Oc3ccccc3)cc2)c(C(N)=O)s1.CC#CC(=O)N1CCC(Cn2cc(C(N)=O)c(-c3ccc(Oc4ccccc4)cc3)n2)CC1. The quantitative estimate of drug-likeness (QED) is 0.0504. The molecule has 0 spiro atoms. The molecule has 0 bridgehead atoms. The number of hydrogen-bond donors (Lipinski definition) is 3. The first-order valence-electron chi connectivity index (χ1n) is 31.2. The standard InChI is InChI=1S/C26H26N4O3.2C24H23N3O3S/c1-2-6-24(31)29-15-13-19(14-16-29)17-30-18-23(26(27)32)25(28-30)20-9-11-22(12-10-20)33-21-7-4-3-5-8-21;1-2-21(28)27-14-6-7-17(27)15-20-26-22(23(31-20)24(25)29)16-10-12-19(13-11-16)30-18-8-4-3-5-9-18;1-2-20(28)27-14-6-7-17(15-27)24-26-21(22(31-24)23(25)29)16-10-12-19(13-11-16)30-18-8-4-3-5-9-18/h3-5,7-12,18-19H,13-17H2,1H3,(H2,27,32);2*2-5,8-13,17H,1,6-7,14-15H2,(H2,25,29)/t;2*17-/m.01/s1. The molecule has 0 aliphatic carbocycles. The zero-order valence-corrected chi connectivity index (χ0v) is 54.1. The van der Waals surface area contributed by atoms with E-state index in [9.17, 15) is 28.8 Å². The maximum atomic E-state index is 12.1. The van der Waals surface area contributed by atoms with Crippen LogP contribution in [0.4, 0.5) is 0 Å². The van der Waals surface area contributed by atoms with Crippen LogP contribution >= 0.6 is 22.7 Å². The summed E-state index contributed by atoms with van der Waals surface area (Å²) in [7, 11) is 0. The smallest absolute Gasteiger partial charge is 0.298 e. The highest BCUT2D eigenvalue weighted by Gasteiger charge is 2.31. The highest BCUT2D eigenvalue weighted by Crippen LogP contribution is 2.38. The summed E-state index contributed by atoms with van der Waals surface area (Å²) in [6.07, 6.45) is 10.4. The molecule has 484 valence electrons. The average molecular weight is 1310 g/mol. The highest BCUT2D eigenvalue weighted by molar-refractivity contribution is 7.14. The van der Waals surface area contributed by atoms with Gasteiger partial charge in [-0.3, -0.25) is 33.4 Å². The molecule has 0 unspecified atom stereocenters. The first-order valence-corrected chi connectivity index (χ1v) is 32.8. The lowest BCUT2D eigenvalue weighted by molar-refractivity contribution is -0.127. The van der Waals surface area contributed by atoms with Crippen molar-refractivity contribution in [3.05, 3.63) is 221 Å². The highest BCUT2D eigenvalue weighted by atomic mass is 32.1. The lowest BCUT2D eigenvalue weighted by Gasteiger charge is -2.31. The van der Waals surface area contributed by atoms with Crippen molar-refractivity contribution in [1.82, 2.24) is 34.4 Å². The van der Waals surface area contributed by atoms with Gasteiger partial charge in [-0.25, -0.2) is 9.97 Å². The van der Waals surface area contributed by atoms with Crippen LogP contribution in [-0.2, 0) is 27.3 Å². The van der Waals surface area contributed by atoms with Crippen LogP contribution < -0.4 is 31.4 Å². The Kier molecular flexibility index (Phi) is 22.6. The lowest BCUT2D eigenvalue weighted by atomic mass is 9.97. The Bertz CT molecular complexity index is 4230. The van der Waals surface area contributed by atoms with Crippen LogP contribution in [-0.4, -0.2) is 109 Å². The minimum Gasteiger partial charge on any atom is -0.457 e. The molecular formula is C74H72N10O9S2. The number of nitrogens with two attached hydrogens (primary N) is 3. The van der Waals surface area contributed by atoms with E-state index >= 15 is 0 Å². The molecule has 6 heterocycles. The number of carbonyl (C=O) groups is 6. The maximum Gasteiger partial charge on any atom is 0.298 e. The van der Waals surface area contributed by atoms with Gasteiger partial charge in [0.15, 0.2) is 0 Å². The predicted octanol–water partition coefficient (Wildman–Crippen LogP) is 12.7. The van der Waals surface area contributed by atoms with E-state index < -0.39 is 17.7 Å². The van der Waals surface area contributed by atoms with Gasteiger partial charge in [-0.15, -0.1) is 22.7 Å². The number of aromatic nitrogens is 4. The normalized spacial score (nSPS) is 15.1. The van der Waals surface area contributed by atoms with E-state index in [1.807, 2.05) is 169 Å². The topological polar surface area (TPSA) is 261 Å². The zero-order chi connectivity index (χ0) is 66.8. The van der Waals surface area contributed by atoms with E-state index in [0.717, 1.165) is 89.0 Å². The molecule has 3 aromatic heterocycles. The molecule has 3 aliphatic heterocycles. The number of benzene rings is 6. The van der Waals surface area contributed by atoms with Gasteiger partial charge in [-0.05, 0) is 179 Å². The van der Waals surface area contributed by atoms with Crippen LogP contribution in [0.25, 0.3) is 33.8 Å². The number of likely N-dealkylation sites (tertiary alicyclic amines) is 3. The van der Waals surface area contributed by atoms with Gasteiger partial charge < -0.3 is 46.1 Å². The van der Waals surface area contributed by atoms with E-state index in [4.69, 9.17) is 41.4 Å². The number of amides is 6. The monoisotopic (exact) mass is 1310 g/mol. The van der Waals surface area contributed by atoms with Gasteiger partial charge in [0.2, 0.25) is 11.8 Å². The molecule has 2 atom stereocenters. The maximum absolute atomic E-state index is 12.1. The Balaban J connectivity index is 0.000000155. The number of hydrogen-bond acceptors (Lipinski definition) is 14. The molecule has 21 heteroatoms. The molecule has 0 saturated carbocycles. The van der Waals surface area contributed by atoms with Crippen LogP contribution in [0.5, 0.6) is 34.5 Å². The summed E-state index contributed by atoms with van der Waals surface area (Å²) < 4.78 is 19.3. The summed E-state index contributed by atoms with van der Waals surface area (Å²) >= 11 is 2.61. The zero-order valence-electron chi connectivity index (χ0n) is 52.5. The van der Waals surface area contributed by atoms with Gasteiger partial charge in [0.05, 0.1) is 27.0 Å². The summed E-state index contributed by atoms with van der Waals surface area (Å²) in [5.74, 6) is 8.24. The molecule has 12 rings (SSSR count). The molecule has 3 aliphatic rings. The fraction of sp³-hybridized carbons (Fsp3) is 0.230. The molecule has 6 aromatic carbocycles. The molecular weight excluding hydrogens is 1240 g/mol. The largest absolute Gasteiger partial charge is 0.457 e. The predicted molar refractivity (Wildman–Crippen MR) is 368 cm³/mol. The third-order valence-corrected chi connectivity index (χ3v) is 18.5. The van der Waals surface area contributed by atoms with Crippen molar-refractivity contribution in [3.8, 4) is 80.1 Å². The van der Waals surface area contributed by atoms with E-state index in [2.05, 4.69) is 30.1 Å². The Morgan fingerprint density at radius 1 is 0.547 bits per heavy atom. The van der Waals surface area contributed by atoms with Crippen molar-refractivity contribution in [2.45, 2.75) is 70.4 Å². The molecule has 3 saturated heterocycles. The fourth-order valence-electron chi connectivity index (χ4n) is 11.4. The summed E-state index contributed by atoms with van der Waals surface area (Å²) in [4.78, 5) is 88.0. The number of piperidine rings is 2. The number of carbonyl (C=O) groups excluding carboxylic acids is 6. The minimum atomic E-state index is -0.514. The third kappa shape index (κ3) is 17.6. The van der Waals surface area contributed by atoms with Gasteiger partial charge in [0, 0.05) is 80.5 Å². The second kappa shape index (κ2) is 32.1. The number of nitrogens with zero attached hydrogens (tertiary/aromatic N) is 7. The van der Waals surface area contributed by atoms with Crippen molar-refractivity contribution < 1.29 is 43.0 Å². The Morgan fingerprint density at radius 2 is 1.02 bits per heavy atom. The minimum absolute atomic E-state index is 0.0619. The summed E-state index contributed by atoms with van der Waals surface area (Å²) in [5, 5.41) is 6.29. The molecule has 6 N–H and O–H groups in total. The Hall–Kier alpha value is -11.0. The van der Waals surface area contributed by atoms with Gasteiger partial charge in [0.1, 0.15) is 49.9 Å². The molecule has 9 aromatic rings. The first kappa shape index (κ1) is 67.0. The summed E-state index contributed by atoms with van der Waals surface area (Å²) in [5.41, 5.74) is 21.4. The van der Waals surface area contributed by atoms with Gasteiger partial charge >= 0.3 is 0 Å². The van der Waals surface area contributed by atoms with Crippen LogP contribution in [0, 0.1) is 17.8 Å². The van der Waals surface area contributed by atoms with Crippen molar-refractivity contribution >= 4 is 58.1 Å². The number of primary amides is 3. The van der Waals surface area contributed by atoms with Crippen LogP contribution in [0.15, 0.2) is 195 Å². The molecule has 6 amide bonds. The van der Waals surface area contributed by atoms with Crippen molar-refractivity contribution in [3.63, 3.8) is 0 Å². The van der Waals surface area contributed by atoms with E-state index in [1.165, 1.54) is 34.8 Å². The number of ether oxygens (including phenoxy) is 3. The van der Waals surface area contributed by atoms with Crippen LogP contribution in [0.3, 0.4) is 0 Å². The van der Waals surface area contributed by atoms with Crippen LogP contribution in [0.2, 0.25) is 0 Å². The van der Waals surface area contributed by atoms with E-state index in [-0.39, 0.29) is 29.7 Å². The summed E-state index contributed by atoms with van der Waals surface area (Å²) in [6, 6.07) is 50.9. The number of para-hydroxylation sites is 3. The van der Waals surface area contributed by atoms with E-state index in [1.54, 1.807) is 27.6 Å². The van der Waals surface area contributed by atoms with Crippen LogP contribution in [0.1, 0.15) is 91.1 Å². The molecule has 19 nitrogen and oxygen atoms in total. The Morgan fingerprint density at radius 3 is 1.51 bits per heavy atom. The van der Waals surface area contributed by atoms with E-state index in [0.29, 0.717) is 94.7 Å². The fourth-order valence-corrected chi connectivity index (χ4v) is 13.5. The summed E-state index contributed by atoms with van der Waals surface area (Å²) in [6.45, 7) is 12.8. The third-order valence-electron chi connectivity index (χ3n) is 16.2. The number of rotatable bonds is 19. The van der Waals surface area contributed by atoms with Gasteiger partial charge in [0.25, 0.3) is 23.6 Å². The second-order valence-corrected chi connectivity index (χ2v) is 24.8. The molecule has 95 heavy (non-hydrogen) atoms. The van der Waals surface area contributed by atoms with Gasteiger partial charge in [-0.2, -0.15) is 5.10 Å². The van der Waals surface area contributed by atoms with Crippen molar-refractivity contribution in [2.75, 3.05) is 32.7 Å².